The first-order valence-corrected chi connectivity index (χ1v) is 50.4. The average Bonchev–Trinajstić information content (AvgIpc) is 1.53. The topological polar surface area (TPSA) is 559 Å². The van der Waals surface area contributed by atoms with Crippen LogP contribution in [0.25, 0.3) is 0 Å². The number of piperidine rings is 3. The Morgan fingerprint density at radius 2 is 0.652 bits per heavy atom. The fourth-order valence-electron chi connectivity index (χ4n) is 23.1. The molecule has 772 valence electrons. The molecule has 15 amide bonds. The summed E-state index contributed by atoms with van der Waals surface area (Å²) in [6.07, 6.45) is 20.8. The number of hydrogen-bond acceptors (Lipinski definition) is 24. The number of Topliss-reactive ketones (excluding diaryl/α,β-unsaturated/α-hetero) is 3. The quantitative estimate of drug-likeness (QED) is 0.0161. The Labute approximate surface area is 810 Å². The predicted molar refractivity (Wildman–Crippen MR) is 502 cm³/mol. The summed E-state index contributed by atoms with van der Waals surface area (Å²) < 4.78 is 30.2. The number of ether oxygens (including phenoxy) is 6. The van der Waals surface area contributed by atoms with E-state index in [9.17, 15) is 86.3 Å². The van der Waals surface area contributed by atoms with Gasteiger partial charge in [0, 0.05) is 19.6 Å². The van der Waals surface area contributed by atoms with Crippen LogP contribution in [0, 0.1) is 104 Å². The minimum absolute atomic E-state index is 0.0332. The lowest BCUT2D eigenvalue weighted by Crippen LogP contribution is -2.63. The number of hydrogen-bond donors (Lipinski definition) is 12. The Morgan fingerprint density at radius 3 is 0.935 bits per heavy atom. The van der Waals surface area contributed by atoms with Gasteiger partial charge in [0.25, 0.3) is 17.7 Å². The third-order valence-corrected chi connectivity index (χ3v) is 32.9. The molecule has 3 unspecified atom stereocenters. The highest BCUT2D eigenvalue weighted by Gasteiger charge is 2.73. The molecule has 0 aromatic rings. The van der Waals surface area contributed by atoms with Gasteiger partial charge in [-0.1, -0.05) is 207 Å². The van der Waals surface area contributed by atoms with Crippen molar-refractivity contribution in [3.05, 3.63) is 0 Å². The molecular formula is C99H157N15O24. The summed E-state index contributed by atoms with van der Waals surface area (Å²) in [6, 6.07) is -11.3. The first-order valence-electron chi connectivity index (χ1n) is 50.4. The van der Waals surface area contributed by atoms with Crippen molar-refractivity contribution >= 4 is 107 Å². The van der Waals surface area contributed by atoms with E-state index in [0.717, 1.165) is 141 Å². The average molecular weight is 1940 g/mol. The van der Waals surface area contributed by atoms with E-state index in [1.54, 1.807) is 0 Å². The van der Waals surface area contributed by atoms with Crippen LogP contribution in [-0.4, -0.2) is 254 Å². The van der Waals surface area contributed by atoms with Crippen molar-refractivity contribution in [1.82, 2.24) is 62.6 Å². The minimum Gasteiger partial charge on any atom is -0.438 e. The molecule has 0 aromatic heterocycles. The zero-order valence-electron chi connectivity index (χ0n) is 84.2. The van der Waals surface area contributed by atoms with Gasteiger partial charge in [-0.25, -0.2) is 28.8 Å². The number of fused-ring (bicyclic) bond motifs is 3. The number of nitrogens with two attached hydrogens (primary N) is 3. The molecule has 0 bridgehead atoms. The molecule has 13 aliphatic rings. The Morgan fingerprint density at radius 1 is 0.348 bits per heavy atom. The SMILES string of the molecule is CC(C)(C)[C@H](NC(=O)N[C@H](COC(=O)OCC1CC1)C1CCCC1)C(=O)N1C[C@H]2[C@@H]([C@H]1C(=O)NC(CC1CCC1)C(=O)C(N)=O)C2(C)C.COC(=O)OCC1(NC(=O)N[C@H](C(=O)N2C[C@H]3[C@@H]([C@H]2C(=O)NC(CC2CCC2)C(=O)C(N)=O)C3(C)C)C(C)(C)C)CCCCC1.COC(=O)OC[C@@H](NC(=O)N[C@H](C(=O)N1C[C@H]2[C@@H]([C@H]1C(=O)NC(CC1CCC1)C(=O)C(N)=O)C2(C)C)C(C)(C)C)C1CCCC1. The molecule has 10 saturated carbocycles. The third kappa shape index (κ3) is 26.4. The molecule has 39 heteroatoms. The molecule has 3 saturated heterocycles. The van der Waals surface area contributed by atoms with Crippen LogP contribution < -0.4 is 65.1 Å². The van der Waals surface area contributed by atoms with Gasteiger partial charge in [0.1, 0.15) is 56.1 Å². The molecule has 17 atom stereocenters. The molecule has 0 spiro atoms. The highest BCUT2D eigenvalue weighted by atomic mass is 16.7. The zero-order chi connectivity index (χ0) is 102. The van der Waals surface area contributed by atoms with E-state index in [1.807, 2.05) is 62.3 Å². The summed E-state index contributed by atoms with van der Waals surface area (Å²) in [6.45, 7) is 30.1. The Balaban J connectivity index is 0.000000199. The number of carbonyl (C=O) groups is 18. The van der Waals surface area contributed by atoms with Crippen molar-refractivity contribution in [2.45, 2.75) is 349 Å². The van der Waals surface area contributed by atoms with Gasteiger partial charge in [-0.15, -0.1) is 0 Å². The van der Waals surface area contributed by atoms with Crippen molar-refractivity contribution in [2.24, 2.45) is 121 Å². The van der Waals surface area contributed by atoms with Gasteiger partial charge in [0.2, 0.25) is 52.8 Å². The molecule has 0 aromatic carbocycles. The van der Waals surface area contributed by atoms with Gasteiger partial charge >= 0.3 is 36.6 Å². The fraction of sp³-hybridized carbons (Fsp3) is 0.818. The highest BCUT2D eigenvalue weighted by Crippen LogP contribution is 2.67. The van der Waals surface area contributed by atoms with Crippen molar-refractivity contribution in [2.75, 3.05) is 60.3 Å². The summed E-state index contributed by atoms with van der Waals surface area (Å²) in [4.78, 5) is 239. The van der Waals surface area contributed by atoms with E-state index < -0.39 is 195 Å². The van der Waals surface area contributed by atoms with Crippen LogP contribution in [0.2, 0.25) is 0 Å². The van der Waals surface area contributed by atoms with E-state index in [-0.39, 0.29) is 101 Å². The number of nitrogens with one attached hydrogen (secondary N) is 9. The molecule has 0 radical (unpaired) electrons. The summed E-state index contributed by atoms with van der Waals surface area (Å²) in [5.74, 6) is -7.31. The largest absolute Gasteiger partial charge is 0.508 e. The molecule has 3 aliphatic heterocycles. The van der Waals surface area contributed by atoms with E-state index >= 15 is 0 Å². The second-order valence-electron chi connectivity index (χ2n) is 46.8. The lowest BCUT2D eigenvalue weighted by Gasteiger charge is -2.40. The third-order valence-electron chi connectivity index (χ3n) is 32.9. The summed E-state index contributed by atoms with van der Waals surface area (Å²) >= 11 is 0. The van der Waals surface area contributed by atoms with Gasteiger partial charge < -0.3 is 108 Å². The molecule has 15 N–H and O–H groups in total. The minimum atomic E-state index is -1.10. The molecule has 3 heterocycles. The first kappa shape index (κ1) is 108. The van der Waals surface area contributed by atoms with Crippen LogP contribution in [0.5, 0.6) is 0 Å². The number of urea groups is 3. The van der Waals surface area contributed by atoms with Crippen LogP contribution in [-0.2, 0) is 86.0 Å². The highest BCUT2D eigenvalue weighted by molar-refractivity contribution is 6.39. The number of primary amides is 3. The van der Waals surface area contributed by atoms with Crippen LogP contribution in [0.4, 0.5) is 28.8 Å². The number of nitrogens with zero attached hydrogens (tertiary/aromatic N) is 3. The number of amides is 15. The van der Waals surface area contributed by atoms with Gasteiger partial charge in [-0.05, 0) is 174 Å². The normalized spacial score (nSPS) is 26.3. The summed E-state index contributed by atoms with van der Waals surface area (Å²) in [5.41, 5.74) is 12.4. The maximum absolute atomic E-state index is 14.3. The zero-order valence-corrected chi connectivity index (χ0v) is 84.2. The van der Waals surface area contributed by atoms with Crippen molar-refractivity contribution in [3.8, 4) is 0 Å². The lowest BCUT2D eigenvalue weighted by atomic mass is 9.80. The molecular weight excluding hydrogens is 1780 g/mol. The second-order valence-corrected chi connectivity index (χ2v) is 46.8. The van der Waals surface area contributed by atoms with Crippen molar-refractivity contribution < 1.29 is 115 Å². The Bertz CT molecular complexity index is 4500. The number of likely N-dealkylation sites (tertiary alicyclic amines) is 3. The van der Waals surface area contributed by atoms with Gasteiger partial charge in [0.15, 0.2) is 0 Å². The lowest BCUT2D eigenvalue weighted by molar-refractivity contribution is -0.145. The summed E-state index contributed by atoms with van der Waals surface area (Å²) in [7, 11) is 2.43. The van der Waals surface area contributed by atoms with Crippen molar-refractivity contribution in [3.63, 3.8) is 0 Å². The van der Waals surface area contributed by atoms with Crippen LogP contribution in [0.15, 0.2) is 0 Å². The number of ketones is 3. The first-order chi connectivity index (χ1) is 64.6. The predicted octanol–water partition coefficient (Wildman–Crippen LogP) is 7.69. The number of methoxy groups -OCH3 is 2. The van der Waals surface area contributed by atoms with Crippen LogP contribution in [0.1, 0.15) is 277 Å². The van der Waals surface area contributed by atoms with Gasteiger partial charge in [-0.2, -0.15) is 0 Å². The molecule has 39 nitrogen and oxygen atoms in total. The van der Waals surface area contributed by atoms with E-state index in [4.69, 9.17) is 36.1 Å². The summed E-state index contributed by atoms with van der Waals surface area (Å²) in [5, 5.41) is 25.9. The van der Waals surface area contributed by atoms with E-state index in [0.29, 0.717) is 64.3 Å². The van der Waals surface area contributed by atoms with Gasteiger partial charge in [-0.3, -0.25) is 57.5 Å². The molecule has 138 heavy (non-hydrogen) atoms. The smallest absolute Gasteiger partial charge is 0.438 e. The Hall–Kier alpha value is -10.1. The van der Waals surface area contributed by atoms with Gasteiger partial charge in [0.05, 0.1) is 56.6 Å². The molecule has 13 rings (SSSR count). The van der Waals surface area contributed by atoms with Crippen molar-refractivity contribution in [1.29, 1.82) is 0 Å². The van der Waals surface area contributed by atoms with Crippen LogP contribution >= 0.6 is 0 Å². The monoisotopic (exact) mass is 1940 g/mol. The van der Waals surface area contributed by atoms with Crippen LogP contribution in [0.3, 0.4) is 0 Å². The Kier molecular flexibility index (Phi) is 34.8. The second kappa shape index (κ2) is 44.4. The molecule has 10 aliphatic carbocycles. The maximum atomic E-state index is 14.3. The van der Waals surface area contributed by atoms with E-state index in [1.165, 1.54) is 28.9 Å². The standard InChI is InChI=1S/C35H55N5O8.2C32H51N5O8/c1-34(2,3)28(39-32(45)38-24(21-11-6-7-12-21)18-48-33(46)47-17-20-13-14-20)31(44)40-16-22-25(35(22,4)5)26(40)30(43)37-23(27(41)29(36)42)15-19-9-8-10-19;1-31(2,3)25(36-29(42)35-21(16-45-30(43)44-6)18-12-7-8-13-18)28(41)37-15-19-22(32(19,4)5)23(37)27(40)34-20(24(38)26(33)39)14-17-10-9-11-17;1-30(2,3)24(35-28(42)36-32(13-8-7-9-14-32)17-45-29(43)44-6)27(41)37-16-19-21(31(19,4)5)22(37)26(40)34-20(23(38)25(33)39)15-18-11-10-12-18/h19-26,28H,6-18H2,1-5H3,(H2,36,42)(H,37,43)(H2,38,39,45);17-23,25H,7-16H2,1-6H3,(H2,33,39)(H,34,40)(H2,35,36,42);18-22,24H,7-17H2,1-6H3,(H2,33,39)(H,34,40)(H2,35,36,42)/t22-,23?,24+,25-,26-,28+;19-,20?,21+,22-,23-,25+;19-,20?,21-,22-,24+/m000/s1. The number of rotatable bonds is 37. The van der Waals surface area contributed by atoms with E-state index in [2.05, 4.69) is 98.9 Å². The fourth-order valence-corrected chi connectivity index (χ4v) is 23.1. The maximum Gasteiger partial charge on any atom is 0.508 e. The number of carbonyl (C=O) groups excluding carboxylic acids is 18. The molecule has 13 fully saturated rings.